The lowest BCUT2D eigenvalue weighted by molar-refractivity contribution is -0.132. The van der Waals surface area contributed by atoms with Crippen LogP contribution in [0.15, 0.2) is 0 Å². The average Bonchev–Trinajstić information content (AvgIpc) is 2.58. The first kappa shape index (κ1) is 14.3. The summed E-state index contributed by atoms with van der Waals surface area (Å²) in [5, 5.41) is 8.28. The molecule has 0 N–H and O–H groups in total. The minimum Gasteiger partial charge on any atom is -0.323 e. The van der Waals surface area contributed by atoms with Crippen LogP contribution in [0.25, 0.3) is 0 Å². The highest BCUT2D eigenvalue weighted by molar-refractivity contribution is 8.14. The number of carbonyl (C=O) groups excluding carboxylic acids is 1. The van der Waals surface area contributed by atoms with Crippen LogP contribution in [0, 0.1) is 17.2 Å². The molecular weight excluding hydrogens is 264 g/mol. The largest absolute Gasteiger partial charge is 0.323 e. The van der Waals surface area contributed by atoms with E-state index in [1.54, 1.807) is 6.92 Å². The van der Waals surface area contributed by atoms with Gasteiger partial charge in [0, 0.05) is 23.6 Å². The standard InChI is InChI=1S/C10H15ClN2O3S/c1-7(2)10(3,6-12)13-5-8(4-9(13)14)17(11,15)16/h7-8H,4-5H2,1-3H3. The quantitative estimate of drug-likeness (QED) is 0.724. The van der Waals surface area contributed by atoms with E-state index in [9.17, 15) is 18.5 Å². The third kappa shape index (κ3) is 2.55. The molecule has 2 unspecified atom stereocenters. The van der Waals surface area contributed by atoms with Crippen molar-refractivity contribution < 1.29 is 13.2 Å². The van der Waals surface area contributed by atoms with Crippen LogP contribution >= 0.6 is 10.7 Å². The van der Waals surface area contributed by atoms with Crippen LogP contribution in [0.4, 0.5) is 0 Å². The Labute approximate surface area is 106 Å². The normalized spacial score (nSPS) is 24.8. The first-order chi connectivity index (χ1) is 7.63. The van der Waals surface area contributed by atoms with Gasteiger partial charge in [-0.05, 0) is 12.8 Å². The molecule has 0 spiro atoms. The summed E-state index contributed by atoms with van der Waals surface area (Å²) < 4.78 is 22.4. The van der Waals surface area contributed by atoms with E-state index in [2.05, 4.69) is 6.07 Å². The number of halogens is 1. The number of carbonyl (C=O) groups is 1. The van der Waals surface area contributed by atoms with Gasteiger partial charge in [-0.3, -0.25) is 4.79 Å². The third-order valence-electron chi connectivity index (χ3n) is 3.40. The molecule has 0 bridgehead atoms. The predicted molar refractivity (Wildman–Crippen MR) is 63.7 cm³/mol. The molecule has 0 aromatic rings. The van der Waals surface area contributed by atoms with Crippen molar-refractivity contribution in [1.82, 2.24) is 4.90 Å². The number of nitriles is 1. The Morgan fingerprint density at radius 2 is 2.12 bits per heavy atom. The highest BCUT2D eigenvalue weighted by Crippen LogP contribution is 2.31. The SMILES string of the molecule is CC(C)C(C)(C#N)N1CC(S(=O)(=O)Cl)CC1=O. The topological polar surface area (TPSA) is 78.2 Å². The molecule has 1 amide bonds. The van der Waals surface area contributed by atoms with Gasteiger partial charge in [0.15, 0.2) is 0 Å². The van der Waals surface area contributed by atoms with Gasteiger partial charge in [0.25, 0.3) is 0 Å². The van der Waals surface area contributed by atoms with Crippen LogP contribution in [0.2, 0.25) is 0 Å². The lowest BCUT2D eigenvalue weighted by Gasteiger charge is -2.36. The van der Waals surface area contributed by atoms with Crippen LogP contribution in [-0.2, 0) is 13.8 Å². The summed E-state index contributed by atoms with van der Waals surface area (Å²) >= 11 is 0. The van der Waals surface area contributed by atoms with Gasteiger partial charge in [0.05, 0.1) is 6.07 Å². The van der Waals surface area contributed by atoms with Crippen LogP contribution in [0.5, 0.6) is 0 Å². The molecule has 0 aromatic carbocycles. The van der Waals surface area contributed by atoms with Crippen LogP contribution in [0.3, 0.4) is 0 Å². The fourth-order valence-corrected chi connectivity index (χ4v) is 2.84. The monoisotopic (exact) mass is 278 g/mol. The van der Waals surface area contributed by atoms with Gasteiger partial charge in [-0.2, -0.15) is 5.26 Å². The number of hydrogen-bond acceptors (Lipinski definition) is 4. The average molecular weight is 279 g/mol. The molecule has 0 aromatic heterocycles. The summed E-state index contributed by atoms with van der Waals surface area (Å²) in [6.45, 7) is 5.27. The van der Waals surface area contributed by atoms with Crippen LogP contribution < -0.4 is 0 Å². The second-order valence-electron chi connectivity index (χ2n) is 4.72. The molecule has 0 saturated carbocycles. The van der Waals surface area contributed by atoms with E-state index in [0.717, 1.165) is 0 Å². The molecular formula is C10H15ClN2O3S. The molecule has 5 nitrogen and oxygen atoms in total. The van der Waals surface area contributed by atoms with E-state index >= 15 is 0 Å². The Morgan fingerprint density at radius 1 is 1.59 bits per heavy atom. The molecule has 96 valence electrons. The second-order valence-corrected chi connectivity index (χ2v) is 7.63. The van der Waals surface area contributed by atoms with Gasteiger partial charge >= 0.3 is 0 Å². The van der Waals surface area contributed by atoms with E-state index in [1.165, 1.54) is 4.90 Å². The van der Waals surface area contributed by atoms with Crippen LogP contribution in [-0.4, -0.2) is 36.6 Å². The molecule has 1 rings (SSSR count). The van der Waals surface area contributed by atoms with E-state index in [-0.39, 0.29) is 24.8 Å². The minimum atomic E-state index is -3.76. The molecule has 1 saturated heterocycles. The maximum absolute atomic E-state index is 11.8. The van der Waals surface area contributed by atoms with Crippen molar-refractivity contribution in [2.24, 2.45) is 5.92 Å². The number of hydrogen-bond donors (Lipinski definition) is 0. The highest BCUT2D eigenvalue weighted by Gasteiger charge is 2.47. The molecule has 2 atom stereocenters. The Kier molecular flexibility index (Phi) is 3.75. The van der Waals surface area contributed by atoms with E-state index in [0.29, 0.717) is 0 Å². The predicted octanol–water partition coefficient (Wildman–Crippen LogP) is 1.09. The first-order valence-corrected chi connectivity index (χ1v) is 7.65. The van der Waals surface area contributed by atoms with Crippen molar-refractivity contribution in [2.75, 3.05) is 6.54 Å². The summed E-state index contributed by atoms with van der Waals surface area (Å²) in [7, 11) is 1.49. The zero-order valence-corrected chi connectivity index (χ0v) is 11.5. The molecule has 1 aliphatic heterocycles. The highest BCUT2D eigenvalue weighted by atomic mass is 35.7. The van der Waals surface area contributed by atoms with Crippen molar-refractivity contribution in [3.63, 3.8) is 0 Å². The van der Waals surface area contributed by atoms with Gasteiger partial charge < -0.3 is 4.90 Å². The van der Waals surface area contributed by atoms with E-state index in [1.807, 2.05) is 13.8 Å². The Hall–Kier alpha value is -0.800. The zero-order chi connectivity index (χ0) is 13.4. The molecule has 0 radical (unpaired) electrons. The number of rotatable bonds is 3. The van der Waals surface area contributed by atoms with E-state index in [4.69, 9.17) is 10.7 Å². The summed E-state index contributed by atoms with van der Waals surface area (Å²) in [4.78, 5) is 13.1. The van der Waals surface area contributed by atoms with Gasteiger partial charge in [0.2, 0.25) is 15.0 Å². The smallest absolute Gasteiger partial charge is 0.237 e. The zero-order valence-electron chi connectivity index (χ0n) is 9.97. The van der Waals surface area contributed by atoms with Crippen molar-refractivity contribution in [1.29, 1.82) is 5.26 Å². The van der Waals surface area contributed by atoms with Gasteiger partial charge in [-0.15, -0.1) is 0 Å². The van der Waals surface area contributed by atoms with Crippen molar-refractivity contribution >= 4 is 25.6 Å². The summed E-state index contributed by atoms with van der Waals surface area (Å²) in [5.41, 5.74) is -0.993. The third-order valence-corrected chi connectivity index (χ3v) is 5.27. The van der Waals surface area contributed by atoms with Gasteiger partial charge in [-0.1, -0.05) is 13.8 Å². The molecule has 7 heteroatoms. The molecule has 1 fully saturated rings. The lowest BCUT2D eigenvalue weighted by Crippen LogP contribution is -2.50. The van der Waals surface area contributed by atoms with Gasteiger partial charge in [0.1, 0.15) is 10.8 Å². The summed E-state index contributed by atoms with van der Waals surface area (Å²) in [6, 6.07) is 2.09. The number of likely N-dealkylation sites (tertiary alicyclic amines) is 1. The van der Waals surface area contributed by atoms with Crippen molar-refractivity contribution in [3.05, 3.63) is 0 Å². The Bertz CT molecular complexity index is 468. The fraction of sp³-hybridized carbons (Fsp3) is 0.800. The molecule has 0 aliphatic carbocycles. The minimum absolute atomic E-state index is 0.00704. The van der Waals surface area contributed by atoms with Gasteiger partial charge in [-0.25, -0.2) is 8.42 Å². The number of amides is 1. The molecule has 1 heterocycles. The summed E-state index contributed by atoms with van der Waals surface area (Å²) in [6.07, 6.45) is -0.143. The lowest BCUT2D eigenvalue weighted by atomic mass is 9.88. The number of nitrogens with zero attached hydrogens (tertiary/aromatic N) is 2. The van der Waals surface area contributed by atoms with E-state index < -0.39 is 19.8 Å². The maximum Gasteiger partial charge on any atom is 0.237 e. The Balaban J connectivity index is 3.04. The maximum atomic E-state index is 11.8. The van der Waals surface area contributed by atoms with Crippen molar-refractivity contribution in [3.8, 4) is 6.07 Å². The summed E-state index contributed by atoms with van der Waals surface area (Å²) in [5.74, 6) is -0.426. The first-order valence-electron chi connectivity index (χ1n) is 5.28. The molecule has 1 aliphatic rings. The Morgan fingerprint density at radius 3 is 2.41 bits per heavy atom. The fourth-order valence-electron chi connectivity index (χ4n) is 1.81. The van der Waals surface area contributed by atoms with Crippen molar-refractivity contribution in [2.45, 2.75) is 38.0 Å². The molecule has 17 heavy (non-hydrogen) atoms. The second kappa shape index (κ2) is 4.46. The van der Waals surface area contributed by atoms with Crippen LogP contribution in [0.1, 0.15) is 27.2 Å².